The maximum atomic E-state index is 14.6. The number of rotatable bonds is 7. The summed E-state index contributed by atoms with van der Waals surface area (Å²) >= 11 is 0. The van der Waals surface area contributed by atoms with Crippen molar-refractivity contribution in [3.63, 3.8) is 0 Å². The van der Waals surface area contributed by atoms with Gasteiger partial charge in [-0.15, -0.1) is 0 Å². The molecular formula is C37H47N7O9S. The van der Waals surface area contributed by atoms with E-state index in [1.165, 1.54) is 17.3 Å². The van der Waals surface area contributed by atoms with Gasteiger partial charge in [-0.2, -0.15) is 0 Å². The van der Waals surface area contributed by atoms with E-state index in [1.807, 2.05) is 12.2 Å². The molecular weight excluding hydrogens is 719 g/mol. The average molecular weight is 766 g/mol. The second-order valence-electron chi connectivity index (χ2n) is 16.0. The molecule has 54 heavy (non-hydrogen) atoms. The van der Waals surface area contributed by atoms with Crippen molar-refractivity contribution < 1.29 is 41.9 Å². The molecule has 1 aromatic heterocycles. The maximum Gasteiger partial charge on any atom is 0.408 e. The maximum absolute atomic E-state index is 14.6. The molecule has 1 saturated heterocycles. The minimum absolute atomic E-state index is 0.110. The van der Waals surface area contributed by atoms with Crippen LogP contribution in [-0.2, 0) is 33.9 Å². The predicted octanol–water partition coefficient (Wildman–Crippen LogP) is 1.95. The molecule has 3 heterocycles. The predicted molar refractivity (Wildman–Crippen MR) is 194 cm³/mol. The third-order valence-corrected chi connectivity index (χ3v) is 12.3. The molecule has 290 valence electrons. The lowest BCUT2D eigenvalue weighted by Gasteiger charge is -2.33. The zero-order chi connectivity index (χ0) is 38.4. The number of amides is 4. The molecule has 5 atom stereocenters. The molecule has 3 N–H and O–H groups in total. The van der Waals surface area contributed by atoms with Gasteiger partial charge in [0, 0.05) is 37.3 Å². The number of allylic oxidation sites excluding steroid dienone is 1. The summed E-state index contributed by atoms with van der Waals surface area (Å²) in [5, 5.41) is 4.92. The zero-order valence-corrected chi connectivity index (χ0v) is 31.5. The van der Waals surface area contributed by atoms with Crippen LogP contribution in [0.1, 0.15) is 82.5 Å². The van der Waals surface area contributed by atoms with Gasteiger partial charge in [-0.1, -0.05) is 12.2 Å². The fourth-order valence-electron chi connectivity index (χ4n) is 7.26. The molecule has 3 aliphatic carbocycles. The van der Waals surface area contributed by atoms with Crippen LogP contribution in [0, 0.1) is 5.92 Å². The Hall–Kier alpha value is -4.64. The van der Waals surface area contributed by atoms with Crippen LogP contribution < -0.4 is 15.4 Å². The van der Waals surface area contributed by atoms with Gasteiger partial charge in [0.1, 0.15) is 29.3 Å². The summed E-state index contributed by atoms with van der Waals surface area (Å²) in [7, 11) is -3.92. The Morgan fingerprint density at radius 1 is 1.02 bits per heavy atom. The second kappa shape index (κ2) is 14.5. The number of sulfonamides is 1. The number of nitrogens with zero attached hydrogens (tertiary/aromatic N) is 4. The molecule has 0 bridgehead atoms. The number of hydrogen-bond donors (Lipinski definition) is 3. The molecule has 0 radical (unpaired) electrons. The number of aromatic nitrogens is 2. The molecule has 17 heteroatoms. The normalized spacial score (nSPS) is 28.8. The van der Waals surface area contributed by atoms with Gasteiger partial charge in [0.05, 0.1) is 28.4 Å². The van der Waals surface area contributed by atoms with E-state index in [9.17, 15) is 32.4 Å². The third-order valence-electron chi connectivity index (χ3n) is 10.4. The lowest BCUT2D eigenvalue weighted by molar-refractivity contribution is -0.141. The first-order valence-corrected chi connectivity index (χ1v) is 20.2. The Morgan fingerprint density at radius 2 is 1.76 bits per heavy atom. The second-order valence-corrected chi connectivity index (χ2v) is 17.9. The van der Waals surface area contributed by atoms with Crippen molar-refractivity contribution in [2.75, 3.05) is 19.6 Å². The number of nitrogens with one attached hydrogen (secondary N) is 3. The number of benzene rings is 1. The fourth-order valence-corrected chi connectivity index (χ4v) is 8.62. The Labute approximate surface area is 313 Å². The van der Waals surface area contributed by atoms with E-state index in [1.54, 1.807) is 39.0 Å². The van der Waals surface area contributed by atoms with Gasteiger partial charge in [0.15, 0.2) is 0 Å². The molecule has 0 unspecified atom stereocenters. The van der Waals surface area contributed by atoms with E-state index in [0.29, 0.717) is 36.8 Å². The molecule has 3 saturated carbocycles. The first kappa shape index (κ1) is 37.7. The van der Waals surface area contributed by atoms with Crippen LogP contribution in [0.3, 0.4) is 0 Å². The fraction of sp³-hybridized carbons (Fsp3) is 0.595. The molecule has 5 aliphatic rings. The van der Waals surface area contributed by atoms with Crippen LogP contribution >= 0.6 is 0 Å². The highest BCUT2D eigenvalue weighted by Gasteiger charge is 2.62. The van der Waals surface area contributed by atoms with Crippen LogP contribution in [0.2, 0.25) is 0 Å². The molecule has 4 amide bonds. The summed E-state index contributed by atoms with van der Waals surface area (Å²) in [6.45, 7) is 5.75. The summed E-state index contributed by atoms with van der Waals surface area (Å²) < 4.78 is 39.3. The van der Waals surface area contributed by atoms with E-state index in [4.69, 9.17) is 9.47 Å². The minimum Gasteiger partial charge on any atom is -0.457 e. The average Bonchev–Trinajstić information content (AvgIpc) is 3.99. The Morgan fingerprint density at radius 3 is 2.46 bits per heavy atom. The van der Waals surface area contributed by atoms with Crippen molar-refractivity contribution in [2.45, 2.75) is 113 Å². The molecule has 2 aromatic rings. The van der Waals surface area contributed by atoms with E-state index in [2.05, 4.69) is 30.2 Å². The van der Waals surface area contributed by atoms with Crippen LogP contribution in [0.15, 0.2) is 42.7 Å². The lowest BCUT2D eigenvalue weighted by Crippen LogP contribution is -2.60. The van der Waals surface area contributed by atoms with E-state index >= 15 is 0 Å². The smallest absolute Gasteiger partial charge is 0.408 e. The van der Waals surface area contributed by atoms with Crippen molar-refractivity contribution in [3.8, 4) is 0 Å². The van der Waals surface area contributed by atoms with Gasteiger partial charge < -0.3 is 25.0 Å². The quantitative estimate of drug-likeness (QED) is 0.273. The summed E-state index contributed by atoms with van der Waals surface area (Å²) in [5.41, 5.74) is -1.13. The largest absolute Gasteiger partial charge is 0.457 e. The number of esters is 1. The number of carbonyl (C=O) groups is 5. The number of carbonyl (C=O) groups excluding carboxylic acids is 5. The van der Waals surface area contributed by atoms with E-state index in [-0.39, 0.29) is 37.5 Å². The van der Waals surface area contributed by atoms with Crippen molar-refractivity contribution in [3.05, 3.63) is 48.3 Å². The van der Waals surface area contributed by atoms with Gasteiger partial charge >= 0.3 is 12.1 Å². The van der Waals surface area contributed by atoms with Crippen molar-refractivity contribution in [2.24, 2.45) is 5.92 Å². The highest BCUT2D eigenvalue weighted by atomic mass is 32.2. The number of ether oxygens (including phenoxy) is 2. The standard InChI is InChI=1S/C37H47N7O9S/c1-36(2,3)53-35(49)40-29-21-43(24-9-10-24)16-6-4-5-7-23-19-37(23,34(48)42-54(50,51)26-11-12-26)41-31(45)30-18-25(20-44(30)32(29)46)52-33(47)22-8-13-27-28(17-22)39-15-14-38-27/h5,7-8,13-15,17,23-26,29-30H,4,6,9-12,16,18-21H2,1-3H3,(H,40,49)(H,41,45)(H,42,48)/b7-5-/t23-,25+,29-,30-,37+/m0/s1. The van der Waals surface area contributed by atoms with Gasteiger partial charge in [-0.05, 0) is 90.5 Å². The number of fused-ring (bicyclic) bond motifs is 3. The monoisotopic (exact) mass is 765 g/mol. The van der Waals surface area contributed by atoms with Crippen LogP contribution in [0.4, 0.5) is 4.79 Å². The molecule has 16 nitrogen and oxygen atoms in total. The van der Waals surface area contributed by atoms with E-state index in [0.717, 1.165) is 19.3 Å². The first-order chi connectivity index (χ1) is 25.6. The van der Waals surface area contributed by atoms with Crippen LogP contribution in [0.25, 0.3) is 11.0 Å². The van der Waals surface area contributed by atoms with E-state index < -0.39 is 80.3 Å². The molecule has 0 spiro atoms. The third kappa shape index (κ3) is 8.51. The number of hydrogen-bond acceptors (Lipinski definition) is 12. The molecule has 7 rings (SSSR count). The minimum atomic E-state index is -3.92. The summed E-state index contributed by atoms with van der Waals surface area (Å²) in [6, 6.07) is 2.61. The van der Waals surface area contributed by atoms with Crippen LogP contribution in [-0.4, -0.2) is 118 Å². The van der Waals surface area contributed by atoms with Crippen molar-refractivity contribution >= 4 is 50.8 Å². The van der Waals surface area contributed by atoms with Gasteiger partial charge in [-0.25, -0.2) is 18.0 Å². The van der Waals surface area contributed by atoms with Gasteiger partial charge in [0.2, 0.25) is 21.8 Å². The highest BCUT2D eigenvalue weighted by molar-refractivity contribution is 7.91. The Balaban J connectivity index is 1.19. The van der Waals surface area contributed by atoms with Crippen molar-refractivity contribution in [1.82, 2.24) is 35.1 Å². The molecule has 1 aromatic carbocycles. The summed E-state index contributed by atoms with van der Waals surface area (Å²) in [6.07, 6.45) is 9.30. The summed E-state index contributed by atoms with van der Waals surface area (Å²) in [5.74, 6) is -3.29. The molecule has 2 aliphatic heterocycles. The summed E-state index contributed by atoms with van der Waals surface area (Å²) in [4.78, 5) is 81.2. The lowest BCUT2D eigenvalue weighted by atomic mass is 10.1. The Bertz CT molecular complexity index is 1980. The highest BCUT2D eigenvalue weighted by Crippen LogP contribution is 2.46. The molecule has 4 fully saturated rings. The van der Waals surface area contributed by atoms with Crippen molar-refractivity contribution in [1.29, 1.82) is 0 Å². The zero-order valence-electron chi connectivity index (χ0n) is 30.7. The van der Waals surface area contributed by atoms with Gasteiger partial charge in [0.25, 0.3) is 5.91 Å². The van der Waals surface area contributed by atoms with Gasteiger partial charge in [-0.3, -0.25) is 34.0 Å². The Kier molecular flexibility index (Phi) is 10.1. The van der Waals surface area contributed by atoms with Crippen LogP contribution in [0.5, 0.6) is 0 Å². The SMILES string of the molecule is CC(C)(C)OC(=O)N[C@H]1CN(C2CC2)CCC/C=C\[C@H]2C[C@@]2(C(=O)NS(=O)(=O)C2CC2)NC(=O)[C@@H]2C[C@@H](OC(=O)c3ccc4nccnc4c3)CN2C1=O. The first-order valence-electron chi connectivity index (χ1n) is 18.6. The topological polar surface area (TPSA) is 206 Å². The number of alkyl carbamates (subject to hydrolysis) is 1.